The second kappa shape index (κ2) is 8.70. The number of thiophene rings is 1. The van der Waals surface area contributed by atoms with E-state index in [2.05, 4.69) is 34.1 Å². The molecular weight excluding hydrogens is 420 g/mol. The molecule has 0 saturated carbocycles. The third-order valence-electron chi connectivity index (χ3n) is 5.77. The zero-order chi connectivity index (χ0) is 22.1. The summed E-state index contributed by atoms with van der Waals surface area (Å²) in [5.41, 5.74) is 3.08. The number of carbonyl (C=O) groups is 1. The zero-order valence-corrected chi connectivity index (χ0v) is 19.1. The van der Waals surface area contributed by atoms with Crippen molar-refractivity contribution in [1.29, 1.82) is 0 Å². The fourth-order valence-corrected chi connectivity index (χ4v) is 4.75. The molecule has 4 aromatic heterocycles. The lowest BCUT2D eigenvalue weighted by molar-refractivity contribution is 0.0952. The van der Waals surface area contributed by atoms with Crippen LogP contribution in [0.15, 0.2) is 48.1 Å². The van der Waals surface area contributed by atoms with Gasteiger partial charge in [-0.05, 0) is 55.8 Å². The van der Waals surface area contributed by atoms with Crippen LogP contribution in [0.4, 0.5) is 5.82 Å². The molecule has 1 amide bonds. The van der Waals surface area contributed by atoms with Crippen LogP contribution in [0.3, 0.4) is 0 Å². The van der Waals surface area contributed by atoms with Gasteiger partial charge in [0.15, 0.2) is 5.65 Å². The van der Waals surface area contributed by atoms with Crippen molar-refractivity contribution in [3.63, 3.8) is 0 Å². The van der Waals surface area contributed by atoms with Crippen molar-refractivity contribution >= 4 is 34.1 Å². The van der Waals surface area contributed by atoms with Crippen LogP contribution in [0, 0.1) is 0 Å². The summed E-state index contributed by atoms with van der Waals surface area (Å²) >= 11 is 1.61. The van der Waals surface area contributed by atoms with Crippen molar-refractivity contribution in [2.75, 3.05) is 18.0 Å². The van der Waals surface area contributed by atoms with Gasteiger partial charge in [0.1, 0.15) is 5.82 Å². The van der Waals surface area contributed by atoms with E-state index < -0.39 is 0 Å². The van der Waals surface area contributed by atoms with Crippen molar-refractivity contribution in [2.45, 2.75) is 39.3 Å². The van der Waals surface area contributed by atoms with E-state index in [9.17, 15) is 4.79 Å². The highest BCUT2D eigenvalue weighted by Gasteiger charge is 2.19. The summed E-state index contributed by atoms with van der Waals surface area (Å²) < 4.78 is 1.87. The Hall–Kier alpha value is -3.26. The van der Waals surface area contributed by atoms with Crippen molar-refractivity contribution < 1.29 is 4.79 Å². The molecule has 1 aliphatic heterocycles. The van der Waals surface area contributed by atoms with Crippen molar-refractivity contribution in [3.05, 3.63) is 59.2 Å². The molecule has 0 aliphatic carbocycles. The van der Waals surface area contributed by atoms with Crippen molar-refractivity contribution in [3.8, 4) is 10.6 Å². The quantitative estimate of drug-likeness (QED) is 0.466. The molecule has 0 spiro atoms. The van der Waals surface area contributed by atoms with Crippen LogP contribution in [-0.2, 0) is 6.54 Å². The number of hydrogen-bond donors (Lipinski definition) is 1. The van der Waals surface area contributed by atoms with E-state index in [1.807, 2.05) is 46.6 Å². The molecule has 7 nitrogen and oxygen atoms in total. The van der Waals surface area contributed by atoms with E-state index in [0.29, 0.717) is 12.1 Å². The summed E-state index contributed by atoms with van der Waals surface area (Å²) in [5, 5.41) is 10.3. The van der Waals surface area contributed by atoms with Crippen LogP contribution in [0.1, 0.15) is 48.7 Å². The lowest BCUT2D eigenvalue weighted by Crippen LogP contribution is -2.24. The molecule has 1 aliphatic rings. The minimum Gasteiger partial charge on any atom is -0.357 e. The van der Waals surface area contributed by atoms with Crippen molar-refractivity contribution in [2.24, 2.45) is 0 Å². The summed E-state index contributed by atoms with van der Waals surface area (Å²) in [7, 11) is 0. The van der Waals surface area contributed by atoms with Crippen LogP contribution >= 0.6 is 11.3 Å². The zero-order valence-electron chi connectivity index (χ0n) is 18.3. The van der Waals surface area contributed by atoms with Gasteiger partial charge in [-0.2, -0.15) is 5.10 Å². The lowest BCUT2D eigenvalue weighted by atomic mass is 10.1. The number of amides is 1. The van der Waals surface area contributed by atoms with Gasteiger partial charge >= 0.3 is 0 Å². The molecule has 0 atom stereocenters. The second-order valence-corrected chi connectivity index (χ2v) is 9.30. The topological polar surface area (TPSA) is 75.9 Å². The Balaban J connectivity index is 1.40. The SMILES string of the molecule is CC(C)n1ncc2c(C(=O)NCc3ccc(N4CCCC4)nc3)cc(-c3cccs3)nc21. The molecule has 0 unspecified atom stereocenters. The molecule has 5 heterocycles. The maximum atomic E-state index is 13.2. The van der Waals surface area contributed by atoms with Gasteiger partial charge in [-0.15, -0.1) is 11.3 Å². The summed E-state index contributed by atoms with van der Waals surface area (Å²) in [4.78, 5) is 25.9. The number of anilines is 1. The van der Waals surface area contributed by atoms with Gasteiger partial charge in [0.2, 0.25) is 0 Å². The fourth-order valence-electron chi connectivity index (χ4n) is 4.07. The Morgan fingerprint density at radius 2 is 2.03 bits per heavy atom. The van der Waals surface area contributed by atoms with E-state index in [-0.39, 0.29) is 11.9 Å². The summed E-state index contributed by atoms with van der Waals surface area (Å²) in [6.07, 6.45) is 6.03. The second-order valence-electron chi connectivity index (χ2n) is 8.35. The first kappa shape index (κ1) is 20.6. The largest absolute Gasteiger partial charge is 0.357 e. The number of rotatable bonds is 6. The van der Waals surface area contributed by atoms with Gasteiger partial charge in [-0.3, -0.25) is 4.79 Å². The van der Waals surface area contributed by atoms with Gasteiger partial charge in [-0.25, -0.2) is 14.6 Å². The van der Waals surface area contributed by atoms with E-state index in [4.69, 9.17) is 4.98 Å². The number of nitrogens with one attached hydrogen (secondary N) is 1. The van der Waals surface area contributed by atoms with E-state index in [0.717, 1.165) is 46.1 Å². The van der Waals surface area contributed by atoms with Crippen LogP contribution < -0.4 is 10.2 Å². The summed E-state index contributed by atoms with van der Waals surface area (Å²) in [6.45, 7) is 6.67. The van der Waals surface area contributed by atoms with E-state index in [1.165, 1.54) is 12.8 Å². The number of pyridine rings is 2. The molecule has 0 bridgehead atoms. The first-order valence-electron chi connectivity index (χ1n) is 11.0. The lowest BCUT2D eigenvalue weighted by Gasteiger charge is -2.16. The Morgan fingerprint density at radius 1 is 1.19 bits per heavy atom. The molecule has 8 heteroatoms. The Morgan fingerprint density at radius 3 is 2.72 bits per heavy atom. The van der Waals surface area contributed by atoms with Crippen LogP contribution in [0.25, 0.3) is 21.6 Å². The van der Waals surface area contributed by atoms with Crippen LogP contribution in [0.5, 0.6) is 0 Å². The normalized spacial score (nSPS) is 13.9. The Bertz CT molecular complexity index is 1220. The average Bonchev–Trinajstić information content (AvgIpc) is 3.58. The molecule has 4 aromatic rings. The number of fused-ring (bicyclic) bond motifs is 1. The molecule has 164 valence electrons. The van der Waals surface area contributed by atoms with E-state index in [1.54, 1.807) is 17.5 Å². The standard InChI is InChI=1S/C24H26N6OS/c1-16(2)30-23-19(15-27-30)18(12-20(28-23)21-6-5-11-32-21)24(31)26-14-17-7-8-22(25-13-17)29-9-3-4-10-29/h5-8,11-13,15-16H,3-4,9-10,14H2,1-2H3,(H,26,31). The van der Waals surface area contributed by atoms with Crippen LogP contribution in [-0.4, -0.2) is 38.7 Å². The van der Waals surface area contributed by atoms with Crippen LogP contribution in [0.2, 0.25) is 0 Å². The molecule has 5 rings (SSSR count). The molecule has 1 fully saturated rings. The van der Waals surface area contributed by atoms with Gasteiger partial charge in [-0.1, -0.05) is 12.1 Å². The Labute approximate surface area is 191 Å². The van der Waals surface area contributed by atoms with E-state index >= 15 is 0 Å². The first-order valence-corrected chi connectivity index (χ1v) is 11.9. The fraction of sp³-hybridized carbons (Fsp3) is 0.333. The summed E-state index contributed by atoms with van der Waals surface area (Å²) in [5.74, 6) is 0.872. The number of carbonyl (C=O) groups excluding carboxylic acids is 1. The smallest absolute Gasteiger partial charge is 0.252 e. The highest BCUT2D eigenvalue weighted by atomic mass is 32.1. The molecule has 0 aromatic carbocycles. The van der Waals surface area contributed by atoms with Gasteiger partial charge in [0.25, 0.3) is 5.91 Å². The minimum absolute atomic E-state index is 0.137. The predicted octanol–water partition coefficient (Wildman–Crippen LogP) is 4.67. The monoisotopic (exact) mass is 446 g/mol. The highest BCUT2D eigenvalue weighted by Crippen LogP contribution is 2.29. The summed E-state index contributed by atoms with van der Waals surface area (Å²) in [6, 6.07) is 10.1. The Kier molecular flexibility index (Phi) is 5.61. The predicted molar refractivity (Wildman–Crippen MR) is 128 cm³/mol. The third kappa shape index (κ3) is 3.98. The third-order valence-corrected chi connectivity index (χ3v) is 6.66. The maximum absolute atomic E-state index is 13.2. The van der Waals surface area contributed by atoms with Gasteiger partial charge < -0.3 is 10.2 Å². The van der Waals surface area contributed by atoms with Gasteiger partial charge in [0.05, 0.1) is 27.7 Å². The molecular formula is C24H26N6OS. The van der Waals surface area contributed by atoms with Gasteiger partial charge in [0, 0.05) is 31.9 Å². The number of nitrogens with zero attached hydrogens (tertiary/aromatic N) is 5. The molecule has 32 heavy (non-hydrogen) atoms. The number of hydrogen-bond acceptors (Lipinski definition) is 6. The first-order chi connectivity index (χ1) is 15.6. The minimum atomic E-state index is -0.137. The maximum Gasteiger partial charge on any atom is 0.252 e. The molecule has 1 N–H and O–H groups in total. The highest BCUT2D eigenvalue weighted by molar-refractivity contribution is 7.13. The van der Waals surface area contributed by atoms with Crippen molar-refractivity contribution in [1.82, 2.24) is 25.1 Å². The number of aromatic nitrogens is 4. The average molecular weight is 447 g/mol. The molecule has 0 radical (unpaired) electrons. The molecule has 1 saturated heterocycles.